The molecule has 11 nitrogen and oxygen atoms in total. The molecule has 3 aromatic rings. The van der Waals surface area contributed by atoms with Gasteiger partial charge in [-0.1, -0.05) is 50.6 Å². The van der Waals surface area contributed by atoms with Gasteiger partial charge in [0.05, 0.1) is 18.1 Å². The molecule has 48 heavy (non-hydrogen) atoms. The molecule has 260 valence electrons. The largest absolute Gasteiger partial charge is 0.351 e. The van der Waals surface area contributed by atoms with Crippen LogP contribution in [0.3, 0.4) is 0 Å². The summed E-state index contributed by atoms with van der Waals surface area (Å²) in [5, 5.41) is 17.3. The molecule has 4 bridgehead atoms. The molecule has 0 spiro atoms. The van der Waals surface area contributed by atoms with Gasteiger partial charge < -0.3 is 26.2 Å². The number of carbonyl (C=O) groups excluding carboxylic acids is 4. The smallest absolute Gasteiger partial charge is 0.271 e. The third kappa shape index (κ3) is 10.6. The fraction of sp³-hybridized carbons (Fsp3) is 0.529. The molecule has 2 aliphatic rings. The number of fused-ring (bicyclic) bond motifs is 4. The summed E-state index contributed by atoms with van der Waals surface area (Å²) >= 11 is 2.68. The first kappa shape index (κ1) is 37.4. The van der Waals surface area contributed by atoms with Crippen LogP contribution in [-0.2, 0) is 16.0 Å². The lowest BCUT2D eigenvalue weighted by molar-refractivity contribution is -0.134. The van der Waals surface area contributed by atoms with Crippen molar-refractivity contribution in [1.82, 2.24) is 36.1 Å². The summed E-state index contributed by atoms with van der Waals surface area (Å²) in [7, 11) is 0. The molecule has 14 heteroatoms. The molecule has 2 aliphatic heterocycles. The van der Waals surface area contributed by atoms with E-state index in [4.69, 9.17) is 0 Å². The zero-order chi connectivity index (χ0) is 33.2. The van der Waals surface area contributed by atoms with Gasteiger partial charge in [-0.05, 0) is 56.6 Å². The summed E-state index contributed by atoms with van der Waals surface area (Å²) in [6.45, 7) is 6.30. The molecule has 2 aromatic heterocycles. The lowest BCUT2D eigenvalue weighted by Crippen LogP contribution is -2.49. The molecule has 4 heterocycles. The summed E-state index contributed by atoms with van der Waals surface area (Å²) in [5.41, 5.74) is 1.59. The number of thiazole rings is 2. The van der Waals surface area contributed by atoms with Crippen LogP contribution < -0.4 is 21.3 Å². The zero-order valence-corrected chi connectivity index (χ0v) is 30.0. The fourth-order valence-corrected chi connectivity index (χ4v) is 7.67. The van der Waals surface area contributed by atoms with Crippen molar-refractivity contribution in [3.8, 4) is 0 Å². The Morgan fingerprint density at radius 3 is 2.25 bits per heavy atom. The molecule has 0 unspecified atom stereocenters. The molecule has 0 aliphatic carbocycles. The monoisotopic (exact) mass is 715 g/mol. The van der Waals surface area contributed by atoms with Gasteiger partial charge in [0.2, 0.25) is 11.8 Å². The number of nitrogens with one attached hydrogen (secondary N) is 4. The molecular formula is C34H46ClN7O4S2. The van der Waals surface area contributed by atoms with Gasteiger partial charge in [-0.25, -0.2) is 9.97 Å². The van der Waals surface area contributed by atoms with E-state index in [1.54, 1.807) is 10.8 Å². The highest BCUT2D eigenvalue weighted by Crippen LogP contribution is 2.27. The van der Waals surface area contributed by atoms with Gasteiger partial charge in [-0.15, -0.1) is 35.1 Å². The normalized spacial score (nSPS) is 21.7. The lowest BCUT2D eigenvalue weighted by atomic mass is 10.0. The van der Waals surface area contributed by atoms with Crippen molar-refractivity contribution in [3.05, 3.63) is 68.1 Å². The van der Waals surface area contributed by atoms with Crippen LogP contribution in [0.25, 0.3) is 0 Å². The van der Waals surface area contributed by atoms with Gasteiger partial charge in [0.1, 0.15) is 21.4 Å². The second-order valence-corrected chi connectivity index (χ2v) is 14.4. The Labute approximate surface area is 296 Å². The van der Waals surface area contributed by atoms with Crippen molar-refractivity contribution in [1.29, 1.82) is 0 Å². The summed E-state index contributed by atoms with van der Waals surface area (Å²) < 4.78 is 0. The third-order valence-corrected chi connectivity index (χ3v) is 10.3. The Kier molecular flexibility index (Phi) is 14.3. The van der Waals surface area contributed by atoms with Gasteiger partial charge >= 0.3 is 0 Å². The van der Waals surface area contributed by atoms with Gasteiger partial charge in [0.25, 0.3) is 11.8 Å². The van der Waals surface area contributed by atoms with Crippen molar-refractivity contribution in [2.24, 2.45) is 5.92 Å². The number of piperidine rings is 1. The molecular weight excluding hydrogens is 670 g/mol. The SMILES string of the molecule is CC(C)C[C@@H]1NC(=O)CCCN(C(=O)[C@@H]2CCCCN2)CCCNC(=O)c2csc(n2)[C@H](Cc2ccccc2)NC(=O)c2csc1n2.Cl. The zero-order valence-electron chi connectivity index (χ0n) is 27.5. The van der Waals surface area contributed by atoms with Crippen molar-refractivity contribution in [2.75, 3.05) is 26.2 Å². The number of hydrogen-bond acceptors (Lipinski definition) is 9. The molecule has 1 fully saturated rings. The van der Waals surface area contributed by atoms with Crippen molar-refractivity contribution in [3.63, 3.8) is 0 Å². The average Bonchev–Trinajstić information content (AvgIpc) is 3.77. The molecule has 0 radical (unpaired) electrons. The molecule has 4 N–H and O–H groups in total. The van der Waals surface area contributed by atoms with E-state index in [0.717, 1.165) is 31.4 Å². The minimum atomic E-state index is -0.477. The Bertz CT molecular complexity index is 1510. The van der Waals surface area contributed by atoms with Crippen LogP contribution >= 0.6 is 35.1 Å². The van der Waals surface area contributed by atoms with Gasteiger partial charge in [-0.2, -0.15) is 0 Å². The van der Waals surface area contributed by atoms with E-state index >= 15 is 0 Å². The number of aromatic nitrogens is 2. The van der Waals surface area contributed by atoms with Crippen LogP contribution in [0.1, 0.15) is 107 Å². The maximum Gasteiger partial charge on any atom is 0.271 e. The van der Waals surface area contributed by atoms with Gasteiger partial charge in [-0.3, -0.25) is 19.2 Å². The van der Waals surface area contributed by atoms with E-state index in [-0.39, 0.29) is 66.2 Å². The van der Waals surface area contributed by atoms with Crippen LogP contribution in [-0.4, -0.2) is 70.7 Å². The number of hydrogen-bond donors (Lipinski definition) is 4. The first-order chi connectivity index (χ1) is 22.8. The van der Waals surface area contributed by atoms with Crippen LogP contribution in [0.4, 0.5) is 0 Å². The number of halogens is 1. The highest BCUT2D eigenvalue weighted by molar-refractivity contribution is 7.10. The van der Waals surface area contributed by atoms with Crippen molar-refractivity contribution in [2.45, 2.75) is 83.3 Å². The van der Waals surface area contributed by atoms with Crippen LogP contribution in [0, 0.1) is 5.92 Å². The summed E-state index contributed by atoms with van der Waals surface area (Å²) in [6.07, 6.45) is 5.39. The Morgan fingerprint density at radius 1 is 0.875 bits per heavy atom. The minimum absolute atomic E-state index is 0. The number of nitrogens with zero attached hydrogens (tertiary/aromatic N) is 3. The van der Waals surface area contributed by atoms with E-state index in [1.165, 1.54) is 22.7 Å². The molecule has 5 rings (SSSR count). The quantitative estimate of drug-likeness (QED) is 0.296. The summed E-state index contributed by atoms with van der Waals surface area (Å²) in [4.78, 5) is 64.4. The highest BCUT2D eigenvalue weighted by Gasteiger charge is 2.27. The van der Waals surface area contributed by atoms with E-state index in [0.29, 0.717) is 61.0 Å². The third-order valence-electron chi connectivity index (χ3n) is 8.38. The number of amides is 4. The van der Waals surface area contributed by atoms with E-state index in [2.05, 4.69) is 45.1 Å². The minimum Gasteiger partial charge on any atom is -0.351 e. The average molecular weight is 716 g/mol. The highest BCUT2D eigenvalue weighted by atomic mass is 35.5. The van der Waals surface area contributed by atoms with Crippen LogP contribution in [0.15, 0.2) is 41.1 Å². The first-order valence-electron chi connectivity index (χ1n) is 16.6. The van der Waals surface area contributed by atoms with Crippen LogP contribution in [0.5, 0.6) is 0 Å². The Morgan fingerprint density at radius 2 is 1.56 bits per heavy atom. The number of benzene rings is 1. The maximum atomic E-state index is 13.5. The molecule has 1 aromatic carbocycles. The second kappa shape index (κ2) is 18.4. The summed E-state index contributed by atoms with van der Waals surface area (Å²) in [5.74, 6) is -0.411. The first-order valence-corrected chi connectivity index (χ1v) is 18.4. The molecule has 1 saturated heterocycles. The lowest BCUT2D eigenvalue weighted by Gasteiger charge is -2.30. The predicted octanol–water partition coefficient (Wildman–Crippen LogP) is 4.82. The topological polar surface area (TPSA) is 145 Å². The second-order valence-electron chi connectivity index (χ2n) is 12.6. The van der Waals surface area contributed by atoms with Gasteiger partial charge in [0.15, 0.2) is 0 Å². The Balaban J connectivity index is 0.00000520. The van der Waals surface area contributed by atoms with Crippen LogP contribution in [0.2, 0.25) is 0 Å². The van der Waals surface area contributed by atoms with Crippen molar-refractivity contribution >= 4 is 58.7 Å². The molecule has 4 amide bonds. The van der Waals surface area contributed by atoms with E-state index in [1.807, 2.05) is 35.2 Å². The van der Waals surface area contributed by atoms with Crippen molar-refractivity contribution < 1.29 is 19.2 Å². The summed E-state index contributed by atoms with van der Waals surface area (Å²) in [6, 6.07) is 8.79. The van der Waals surface area contributed by atoms with E-state index < -0.39 is 6.04 Å². The van der Waals surface area contributed by atoms with E-state index in [9.17, 15) is 19.2 Å². The predicted molar refractivity (Wildman–Crippen MR) is 191 cm³/mol. The standard InChI is InChI=1S/C34H45N7O4S2.ClH/c1-22(2)18-25-32-40-28(21-47-32)31(44)38-26(19-23-10-4-3-5-11-23)33-39-27(20-46-33)30(43)36-15-9-17-41(16-8-13-29(42)37-25)34(45)24-12-6-7-14-35-24;/h3-5,10-11,20-22,24-26,35H,6-9,12-19H2,1-2H3,(H,36,43)(H,37,42)(H,38,44);1H/t24-,25-,26-;/m0./s1. The molecule has 3 atom stereocenters. The Hall–Kier alpha value is -3.39. The maximum absolute atomic E-state index is 13.5. The number of carbonyl (C=O) groups is 4. The number of rotatable bonds is 5. The van der Waals surface area contributed by atoms with Gasteiger partial charge in [0, 0.05) is 36.8 Å². The fourth-order valence-electron chi connectivity index (χ4n) is 5.95. The molecule has 0 saturated carbocycles.